The molecule has 1 aromatic heterocycles. The predicted octanol–water partition coefficient (Wildman–Crippen LogP) is 2.12. The third kappa shape index (κ3) is 4.00. The second-order valence-electron chi connectivity index (χ2n) is 10.7. The molecule has 0 radical (unpaired) electrons. The van der Waals surface area contributed by atoms with Gasteiger partial charge in [0.05, 0.1) is 21.3 Å². The summed E-state index contributed by atoms with van der Waals surface area (Å²) in [5.41, 5.74) is 6.39. The summed E-state index contributed by atoms with van der Waals surface area (Å²) in [6.07, 6.45) is 7.18. The molecule has 0 aliphatic heterocycles. The highest BCUT2D eigenvalue weighted by atomic mass is 32.2. The van der Waals surface area contributed by atoms with Crippen LogP contribution in [-0.2, 0) is 33.1 Å². The Labute approximate surface area is 200 Å². The largest absolute Gasteiger partial charge is 0.331 e. The molecule has 9 nitrogen and oxygen atoms in total. The van der Waals surface area contributed by atoms with E-state index >= 15 is 0 Å². The Morgan fingerprint density at radius 3 is 2.29 bits per heavy atom. The summed E-state index contributed by atoms with van der Waals surface area (Å²) in [6.45, 7) is 0. The predicted molar refractivity (Wildman–Crippen MR) is 127 cm³/mol. The van der Waals surface area contributed by atoms with Crippen LogP contribution in [0.25, 0.3) is 11.0 Å². The van der Waals surface area contributed by atoms with Crippen molar-refractivity contribution in [1.29, 1.82) is 0 Å². The van der Waals surface area contributed by atoms with Gasteiger partial charge in [-0.3, -0.25) is 20.4 Å². The molecule has 1 aromatic carbocycles. The molecule has 4 saturated carbocycles. The fourth-order valence-electron chi connectivity index (χ4n) is 6.76. The Kier molecular flexibility index (Phi) is 5.71. The minimum atomic E-state index is -3.55. The summed E-state index contributed by atoms with van der Waals surface area (Å²) in [5, 5.41) is 0. The van der Waals surface area contributed by atoms with E-state index in [9.17, 15) is 18.0 Å². The highest BCUT2D eigenvalue weighted by Gasteiger charge is 2.54. The van der Waals surface area contributed by atoms with Gasteiger partial charge in [0.15, 0.2) is 0 Å². The minimum Gasteiger partial charge on any atom is -0.331 e. The molecule has 2 aromatic rings. The molecule has 6 rings (SSSR count). The van der Waals surface area contributed by atoms with E-state index in [1.54, 1.807) is 18.2 Å². The number of hydrogen-bond acceptors (Lipinski definition) is 5. The fourth-order valence-corrected chi connectivity index (χ4v) is 7.68. The first-order valence-corrected chi connectivity index (χ1v) is 13.5. The monoisotopic (exact) mass is 487 g/mol. The number of nitrogens with zero attached hydrogens (tertiary/aromatic N) is 3. The van der Waals surface area contributed by atoms with Gasteiger partial charge in [-0.2, -0.15) is 0 Å². The Bertz CT molecular complexity index is 1210. The molecule has 4 aliphatic rings. The van der Waals surface area contributed by atoms with Gasteiger partial charge in [0.2, 0.25) is 21.8 Å². The molecule has 184 valence electrons. The van der Waals surface area contributed by atoms with Crippen LogP contribution < -0.4 is 10.9 Å². The maximum Gasteiger partial charge on any atom is 0.244 e. The third-order valence-electron chi connectivity index (χ3n) is 8.13. The van der Waals surface area contributed by atoms with Crippen molar-refractivity contribution in [3.05, 3.63) is 24.0 Å². The molecule has 0 unspecified atom stereocenters. The smallest absolute Gasteiger partial charge is 0.244 e. The van der Waals surface area contributed by atoms with E-state index in [2.05, 4.69) is 15.8 Å². The summed E-state index contributed by atoms with van der Waals surface area (Å²) in [4.78, 5) is 30.2. The Hall–Kier alpha value is -2.46. The minimum absolute atomic E-state index is 0.0303. The summed E-state index contributed by atoms with van der Waals surface area (Å²) in [7, 11) is 1.27. The van der Waals surface area contributed by atoms with Gasteiger partial charge in [0, 0.05) is 34.0 Å². The van der Waals surface area contributed by atoms with Crippen LogP contribution in [0, 0.1) is 23.2 Å². The molecule has 0 spiro atoms. The zero-order valence-electron chi connectivity index (χ0n) is 20.0. The lowest BCUT2D eigenvalue weighted by Crippen LogP contribution is -2.56. The molecule has 0 saturated heterocycles. The van der Waals surface area contributed by atoms with Crippen LogP contribution in [0.5, 0.6) is 0 Å². The molecule has 4 aliphatic carbocycles. The Morgan fingerprint density at radius 2 is 1.71 bits per heavy atom. The van der Waals surface area contributed by atoms with Crippen LogP contribution in [0.2, 0.25) is 0 Å². The molecule has 4 fully saturated rings. The molecule has 4 bridgehead atoms. The standard InChI is InChI=1S/C24H33N5O4S/c1-28(2)34(32,33)18-4-5-20-19(11-18)25-21(29(20)3)6-7-22(30)26-27-23(31)24-12-15-8-16(13-24)10-17(9-15)14-24/h4-5,11,15-17H,6-10,12-14H2,1-3H3,(H,26,30)(H,27,31). The van der Waals surface area contributed by atoms with E-state index in [-0.39, 0.29) is 28.5 Å². The molecule has 10 heteroatoms. The highest BCUT2D eigenvalue weighted by Crippen LogP contribution is 2.60. The number of aromatic nitrogens is 2. The number of rotatable bonds is 6. The van der Waals surface area contributed by atoms with Crippen LogP contribution in [0.4, 0.5) is 0 Å². The van der Waals surface area contributed by atoms with Crippen LogP contribution >= 0.6 is 0 Å². The summed E-state index contributed by atoms with van der Waals surface area (Å²) in [5.74, 6) is 2.38. The van der Waals surface area contributed by atoms with Crippen LogP contribution in [0.1, 0.15) is 50.8 Å². The molecular formula is C24H33N5O4S. The number of aryl methyl sites for hydroxylation is 2. The van der Waals surface area contributed by atoms with Gasteiger partial charge in [0.25, 0.3) is 0 Å². The number of amides is 2. The number of nitrogens with one attached hydrogen (secondary N) is 2. The van der Waals surface area contributed by atoms with Gasteiger partial charge in [-0.05, 0) is 74.5 Å². The summed E-state index contributed by atoms with van der Waals surface area (Å²) in [6, 6.07) is 4.85. The number of carbonyl (C=O) groups is 2. The third-order valence-corrected chi connectivity index (χ3v) is 9.95. The molecule has 34 heavy (non-hydrogen) atoms. The lowest BCUT2D eigenvalue weighted by molar-refractivity contribution is -0.148. The van der Waals surface area contributed by atoms with E-state index in [1.807, 2.05) is 11.6 Å². The Balaban J connectivity index is 1.20. The summed E-state index contributed by atoms with van der Waals surface area (Å²) < 4.78 is 27.9. The fraction of sp³-hybridized carbons (Fsp3) is 0.625. The number of hydrogen-bond donors (Lipinski definition) is 2. The first kappa shape index (κ1) is 23.3. The van der Waals surface area contributed by atoms with E-state index in [1.165, 1.54) is 37.7 Å². The molecule has 2 N–H and O–H groups in total. The lowest BCUT2D eigenvalue weighted by atomic mass is 9.49. The van der Waals surface area contributed by atoms with E-state index in [0.29, 0.717) is 35.5 Å². The van der Waals surface area contributed by atoms with E-state index < -0.39 is 10.0 Å². The molecule has 2 amide bonds. The van der Waals surface area contributed by atoms with Crippen LogP contribution in [0.15, 0.2) is 23.1 Å². The van der Waals surface area contributed by atoms with Gasteiger partial charge < -0.3 is 4.57 Å². The number of benzene rings is 1. The first-order valence-electron chi connectivity index (χ1n) is 12.0. The Morgan fingerprint density at radius 1 is 1.09 bits per heavy atom. The first-order chi connectivity index (χ1) is 16.1. The average Bonchev–Trinajstić information content (AvgIpc) is 3.09. The SMILES string of the molecule is CN(C)S(=O)(=O)c1ccc2c(c1)nc(CCC(=O)NNC(=O)C13CC4CC(CC(C4)C1)C3)n2C. The maximum atomic E-state index is 13.0. The van der Waals surface area contributed by atoms with Crippen molar-refractivity contribution in [2.75, 3.05) is 14.1 Å². The molecule has 0 atom stereocenters. The topological polar surface area (TPSA) is 113 Å². The van der Waals surface area contributed by atoms with Crippen molar-refractivity contribution in [3.8, 4) is 0 Å². The van der Waals surface area contributed by atoms with Crippen molar-refractivity contribution in [2.24, 2.45) is 30.2 Å². The van der Waals surface area contributed by atoms with Crippen molar-refractivity contribution in [2.45, 2.75) is 56.3 Å². The van der Waals surface area contributed by atoms with Gasteiger partial charge in [-0.25, -0.2) is 17.7 Å². The zero-order valence-corrected chi connectivity index (χ0v) is 20.8. The highest BCUT2D eigenvalue weighted by molar-refractivity contribution is 7.89. The lowest BCUT2D eigenvalue weighted by Gasteiger charge is -2.55. The maximum absolute atomic E-state index is 13.0. The zero-order chi connectivity index (χ0) is 24.3. The molecule has 1 heterocycles. The van der Waals surface area contributed by atoms with Gasteiger partial charge >= 0.3 is 0 Å². The van der Waals surface area contributed by atoms with Gasteiger partial charge in [-0.15, -0.1) is 0 Å². The van der Waals surface area contributed by atoms with Crippen LogP contribution in [-0.4, -0.2) is 48.2 Å². The quantitative estimate of drug-likeness (QED) is 0.606. The van der Waals surface area contributed by atoms with Crippen LogP contribution in [0.3, 0.4) is 0 Å². The number of imidazole rings is 1. The van der Waals surface area contributed by atoms with E-state index in [0.717, 1.165) is 24.8 Å². The second kappa shape index (κ2) is 8.34. The van der Waals surface area contributed by atoms with E-state index in [4.69, 9.17) is 0 Å². The van der Waals surface area contributed by atoms with Crippen molar-refractivity contribution in [3.63, 3.8) is 0 Å². The second-order valence-corrected chi connectivity index (χ2v) is 12.9. The number of sulfonamides is 1. The average molecular weight is 488 g/mol. The summed E-state index contributed by atoms with van der Waals surface area (Å²) >= 11 is 0. The van der Waals surface area contributed by atoms with Gasteiger partial charge in [0.1, 0.15) is 5.82 Å². The molecular weight excluding hydrogens is 454 g/mol. The van der Waals surface area contributed by atoms with Gasteiger partial charge in [-0.1, -0.05) is 0 Å². The number of hydrazine groups is 1. The number of fused-ring (bicyclic) bond motifs is 1. The normalized spacial score (nSPS) is 27.9. The van der Waals surface area contributed by atoms with Crippen molar-refractivity contribution >= 4 is 32.9 Å². The van der Waals surface area contributed by atoms with Crippen molar-refractivity contribution in [1.82, 2.24) is 24.7 Å². The number of carbonyl (C=O) groups excluding carboxylic acids is 2. The van der Waals surface area contributed by atoms with Crippen molar-refractivity contribution < 1.29 is 18.0 Å².